The molecule has 0 fully saturated rings. The maximum absolute atomic E-state index is 9.49. The van der Waals surface area contributed by atoms with Crippen molar-refractivity contribution in [2.45, 2.75) is 20.0 Å². The Labute approximate surface area is 111 Å². The van der Waals surface area contributed by atoms with E-state index in [1.54, 1.807) is 37.4 Å². The van der Waals surface area contributed by atoms with Gasteiger partial charge in [0, 0.05) is 17.3 Å². The van der Waals surface area contributed by atoms with Crippen molar-refractivity contribution in [2.24, 2.45) is 0 Å². The van der Waals surface area contributed by atoms with Crippen molar-refractivity contribution in [2.75, 3.05) is 0 Å². The predicted molar refractivity (Wildman–Crippen MR) is 71.1 cm³/mol. The molecule has 0 aliphatic rings. The summed E-state index contributed by atoms with van der Waals surface area (Å²) in [4.78, 5) is 4.10. The minimum absolute atomic E-state index is 0.454. The van der Waals surface area contributed by atoms with Crippen LogP contribution in [0.3, 0.4) is 0 Å². The Morgan fingerprint density at radius 3 is 2.72 bits per heavy atom. The van der Waals surface area contributed by atoms with Crippen LogP contribution in [0.2, 0.25) is 5.02 Å². The largest absolute Gasteiger partial charge is 0.439 e. The minimum Gasteiger partial charge on any atom is -0.439 e. The van der Waals surface area contributed by atoms with Gasteiger partial charge in [-0.25, -0.2) is 4.98 Å². The molecule has 1 N–H and O–H groups in total. The number of hydrogen-bond donors (Lipinski definition) is 1. The molecule has 0 aliphatic carbocycles. The molecular weight excluding hydrogens is 250 g/mol. The van der Waals surface area contributed by atoms with Gasteiger partial charge in [0.15, 0.2) is 0 Å². The van der Waals surface area contributed by atoms with Crippen molar-refractivity contribution in [3.05, 3.63) is 52.7 Å². The van der Waals surface area contributed by atoms with Gasteiger partial charge in [-0.2, -0.15) is 0 Å². The van der Waals surface area contributed by atoms with Gasteiger partial charge >= 0.3 is 0 Å². The molecule has 94 valence electrons. The first kappa shape index (κ1) is 12.9. The molecule has 0 amide bonds. The highest BCUT2D eigenvalue weighted by Gasteiger charge is 2.05. The van der Waals surface area contributed by atoms with Crippen molar-refractivity contribution >= 4 is 11.6 Å². The normalized spacial score (nSPS) is 12.2. The summed E-state index contributed by atoms with van der Waals surface area (Å²) in [5.41, 5.74) is 1.71. The monoisotopic (exact) mass is 263 g/mol. The van der Waals surface area contributed by atoms with Gasteiger partial charge < -0.3 is 9.84 Å². The molecule has 1 atom stereocenters. The number of hydrogen-bond acceptors (Lipinski definition) is 3. The predicted octanol–water partition coefficient (Wildman–Crippen LogP) is 3.89. The van der Waals surface area contributed by atoms with E-state index >= 15 is 0 Å². The molecule has 3 nitrogen and oxygen atoms in total. The summed E-state index contributed by atoms with van der Waals surface area (Å²) < 4.78 is 5.62. The third kappa shape index (κ3) is 3.00. The van der Waals surface area contributed by atoms with Crippen LogP contribution in [-0.2, 0) is 0 Å². The maximum atomic E-state index is 9.49. The molecule has 0 aliphatic heterocycles. The summed E-state index contributed by atoms with van der Waals surface area (Å²) in [7, 11) is 0. The Balaban J connectivity index is 2.23. The lowest BCUT2D eigenvalue weighted by molar-refractivity contribution is 0.198. The average Bonchev–Trinajstić information content (AvgIpc) is 2.34. The highest BCUT2D eigenvalue weighted by atomic mass is 35.5. The Morgan fingerprint density at radius 1 is 1.28 bits per heavy atom. The second kappa shape index (κ2) is 5.38. The molecule has 1 aromatic heterocycles. The molecule has 0 bridgehead atoms. The number of benzene rings is 1. The van der Waals surface area contributed by atoms with Crippen LogP contribution in [0.25, 0.3) is 0 Å². The standard InChI is InChI=1S/C14H14ClNO2/c1-9-7-12(3-4-13(9)15)18-14-8-11(10(2)17)5-6-16-14/h3-8,10,17H,1-2H3/t10-/m1/s1. The van der Waals surface area contributed by atoms with Gasteiger partial charge in [-0.3, -0.25) is 0 Å². The van der Waals surface area contributed by atoms with Crippen molar-refractivity contribution in [3.63, 3.8) is 0 Å². The lowest BCUT2D eigenvalue weighted by atomic mass is 10.2. The zero-order valence-electron chi connectivity index (χ0n) is 10.2. The van der Waals surface area contributed by atoms with Gasteiger partial charge in [0.05, 0.1) is 6.10 Å². The fraction of sp³-hybridized carbons (Fsp3) is 0.214. The van der Waals surface area contributed by atoms with Gasteiger partial charge in [-0.1, -0.05) is 11.6 Å². The zero-order valence-corrected chi connectivity index (χ0v) is 11.0. The van der Waals surface area contributed by atoms with E-state index in [1.807, 2.05) is 13.0 Å². The summed E-state index contributed by atoms with van der Waals surface area (Å²) in [5.74, 6) is 1.13. The summed E-state index contributed by atoms with van der Waals surface area (Å²) >= 11 is 5.95. The molecule has 2 aromatic rings. The average molecular weight is 264 g/mol. The van der Waals surface area contributed by atoms with Gasteiger partial charge in [0.1, 0.15) is 5.75 Å². The molecule has 1 heterocycles. The van der Waals surface area contributed by atoms with Gasteiger partial charge in [-0.15, -0.1) is 0 Å². The van der Waals surface area contributed by atoms with E-state index in [4.69, 9.17) is 16.3 Å². The Kier molecular flexibility index (Phi) is 3.84. The quantitative estimate of drug-likeness (QED) is 0.914. The number of nitrogens with zero attached hydrogens (tertiary/aromatic N) is 1. The van der Waals surface area contributed by atoms with E-state index in [0.29, 0.717) is 16.7 Å². The summed E-state index contributed by atoms with van der Waals surface area (Å²) in [6.45, 7) is 3.61. The van der Waals surface area contributed by atoms with Gasteiger partial charge in [-0.05, 0) is 49.2 Å². The van der Waals surface area contributed by atoms with Crippen LogP contribution in [0.1, 0.15) is 24.2 Å². The molecule has 4 heteroatoms. The molecule has 1 aromatic carbocycles. The molecule has 0 radical (unpaired) electrons. The number of aromatic nitrogens is 1. The van der Waals surface area contributed by atoms with Crippen molar-refractivity contribution in [1.82, 2.24) is 4.98 Å². The first-order valence-electron chi connectivity index (χ1n) is 5.64. The molecule has 0 saturated carbocycles. The van der Waals surface area contributed by atoms with Crippen molar-refractivity contribution in [3.8, 4) is 11.6 Å². The number of pyridine rings is 1. The number of aryl methyl sites for hydroxylation is 1. The summed E-state index contributed by atoms with van der Waals surface area (Å²) in [6.07, 6.45) is 1.07. The Bertz CT molecular complexity index is 555. The first-order chi connectivity index (χ1) is 8.56. The van der Waals surface area contributed by atoms with E-state index < -0.39 is 6.10 Å². The Morgan fingerprint density at radius 2 is 2.06 bits per heavy atom. The molecule has 0 unspecified atom stereocenters. The van der Waals surface area contributed by atoms with Gasteiger partial charge in [0.25, 0.3) is 0 Å². The number of rotatable bonds is 3. The lowest BCUT2D eigenvalue weighted by Gasteiger charge is -2.09. The number of aliphatic hydroxyl groups excluding tert-OH is 1. The molecule has 0 spiro atoms. The fourth-order valence-corrected chi connectivity index (χ4v) is 1.66. The SMILES string of the molecule is Cc1cc(Oc2cc([C@@H](C)O)ccn2)ccc1Cl. The Hall–Kier alpha value is -1.58. The second-order valence-corrected chi connectivity index (χ2v) is 4.52. The van der Waals surface area contributed by atoms with Crippen LogP contribution in [0.4, 0.5) is 0 Å². The highest BCUT2D eigenvalue weighted by molar-refractivity contribution is 6.31. The van der Waals surface area contributed by atoms with E-state index in [1.165, 1.54) is 0 Å². The second-order valence-electron chi connectivity index (χ2n) is 4.12. The summed E-state index contributed by atoms with van der Waals surface area (Å²) in [5, 5.41) is 10.2. The van der Waals surface area contributed by atoms with Crippen LogP contribution in [0, 0.1) is 6.92 Å². The molecule has 0 saturated heterocycles. The van der Waals surface area contributed by atoms with E-state index in [-0.39, 0.29) is 0 Å². The minimum atomic E-state index is -0.540. The number of ether oxygens (including phenoxy) is 1. The highest BCUT2D eigenvalue weighted by Crippen LogP contribution is 2.26. The number of halogens is 1. The maximum Gasteiger partial charge on any atom is 0.219 e. The van der Waals surface area contributed by atoms with E-state index in [9.17, 15) is 5.11 Å². The lowest BCUT2D eigenvalue weighted by Crippen LogP contribution is -1.94. The van der Waals surface area contributed by atoms with E-state index in [0.717, 1.165) is 11.1 Å². The van der Waals surface area contributed by atoms with Crippen LogP contribution >= 0.6 is 11.6 Å². The molecule has 18 heavy (non-hydrogen) atoms. The van der Waals surface area contributed by atoms with Crippen LogP contribution < -0.4 is 4.74 Å². The topological polar surface area (TPSA) is 42.4 Å². The van der Waals surface area contributed by atoms with Crippen molar-refractivity contribution < 1.29 is 9.84 Å². The smallest absolute Gasteiger partial charge is 0.219 e. The first-order valence-corrected chi connectivity index (χ1v) is 6.02. The fourth-order valence-electron chi connectivity index (χ4n) is 1.54. The van der Waals surface area contributed by atoms with Crippen LogP contribution in [0.15, 0.2) is 36.5 Å². The van der Waals surface area contributed by atoms with Crippen molar-refractivity contribution in [1.29, 1.82) is 0 Å². The molecule has 2 rings (SSSR count). The molecular formula is C14H14ClNO2. The summed E-state index contributed by atoms with van der Waals surface area (Å²) in [6, 6.07) is 8.88. The zero-order chi connectivity index (χ0) is 13.1. The van der Waals surface area contributed by atoms with E-state index in [2.05, 4.69) is 4.98 Å². The number of aliphatic hydroxyl groups is 1. The van der Waals surface area contributed by atoms with Crippen LogP contribution in [-0.4, -0.2) is 10.1 Å². The van der Waals surface area contributed by atoms with Crippen LogP contribution in [0.5, 0.6) is 11.6 Å². The third-order valence-corrected chi connectivity index (χ3v) is 3.02. The van der Waals surface area contributed by atoms with Gasteiger partial charge in [0.2, 0.25) is 5.88 Å². The third-order valence-electron chi connectivity index (χ3n) is 2.59.